The average molecular weight is 237 g/mol. The molecule has 0 aromatic heterocycles. The van der Waals surface area contributed by atoms with Gasteiger partial charge in [0.2, 0.25) is 5.91 Å². The minimum atomic E-state index is 0.158. The number of hydrogen-bond acceptors (Lipinski definition) is 1. The lowest BCUT2D eigenvalue weighted by Gasteiger charge is -2.35. The lowest BCUT2D eigenvalue weighted by atomic mass is 9.75. The van der Waals surface area contributed by atoms with E-state index in [1.54, 1.807) is 6.92 Å². The predicted octanol–water partition coefficient (Wildman–Crippen LogP) is 3.65. The van der Waals surface area contributed by atoms with E-state index in [-0.39, 0.29) is 5.91 Å². The van der Waals surface area contributed by atoms with E-state index in [0.717, 1.165) is 11.8 Å². The van der Waals surface area contributed by atoms with E-state index < -0.39 is 0 Å². The summed E-state index contributed by atoms with van der Waals surface area (Å²) < 4.78 is 0. The number of carbonyl (C=O) groups is 1. The summed E-state index contributed by atoms with van der Waals surface area (Å²) in [5.41, 5.74) is 0. The van der Waals surface area contributed by atoms with Crippen molar-refractivity contribution in [2.75, 3.05) is 0 Å². The van der Waals surface area contributed by atoms with Crippen molar-refractivity contribution < 1.29 is 4.79 Å². The molecule has 2 nitrogen and oxygen atoms in total. The van der Waals surface area contributed by atoms with Crippen LogP contribution < -0.4 is 5.32 Å². The van der Waals surface area contributed by atoms with Gasteiger partial charge >= 0.3 is 0 Å². The Morgan fingerprint density at radius 3 is 2.35 bits per heavy atom. The SMILES string of the molecule is CC(=O)N[C@H]1CCCC[C@@H]1CC1CCCCC1. The van der Waals surface area contributed by atoms with Crippen molar-refractivity contribution in [3.63, 3.8) is 0 Å². The summed E-state index contributed by atoms with van der Waals surface area (Å²) in [5.74, 6) is 1.87. The predicted molar refractivity (Wildman–Crippen MR) is 70.8 cm³/mol. The molecule has 0 aliphatic heterocycles. The first-order chi connectivity index (χ1) is 8.25. The van der Waals surface area contributed by atoms with E-state index in [2.05, 4.69) is 5.32 Å². The standard InChI is InChI=1S/C15H27NO/c1-12(17)16-15-10-6-5-9-14(15)11-13-7-3-2-4-8-13/h13-15H,2-11H2,1H3,(H,16,17)/t14-,15+/m1/s1. The van der Waals surface area contributed by atoms with E-state index in [4.69, 9.17) is 0 Å². The highest BCUT2D eigenvalue weighted by molar-refractivity contribution is 5.73. The largest absolute Gasteiger partial charge is 0.353 e. The van der Waals surface area contributed by atoms with Gasteiger partial charge in [-0.3, -0.25) is 4.79 Å². The van der Waals surface area contributed by atoms with Gasteiger partial charge < -0.3 is 5.32 Å². The molecule has 2 saturated carbocycles. The maximum Gasteiger partial charge on any atom is 0.217 e. The van der Waals surface area contributed by atoms with Crippen LogP contribution >= 0.6 is 0 Å². The topological polar surface area (TPSA) is 29.1 Å². The van der Waals surface area contributed by atoms with Crippen LogP contribution in [0.5, 0.6) is 0 Å². The average Bonchev–Trinajstić information content (AvgIpc) is 2.32. The molecular weight excluding hydrogens is 210 g/mol. The molecule has 0 unspecified atom stereocenters. The van der Waals surface area contributed by atoms with Crippen LogP contribution in [-0.4, -0.2) is 11.9 Å². The summed E-state index contributed by atoms with van der Waals surface area (Å²) in [6.07, 6.45) is 13.7. The second kappa shape index (κ2) is 6.42. The van der Waals surface area contributed by atoms with Gasteiger partial charge in [-0.2, -0.15) is 0 Å². The minimum absolute atomic E-state index is 0.158. The summed E-state index contributed by atoms with van der Waals surface area (Å²) in [6, 6.07) is 0.475. The third kappa shape index (κ3) is 4.01. The Bertz CT molecular complexity index is 245. The quantitative estimate of drug-likeness (QED) is 0.797. The third-order valence-corrected chi connectivity index (χ3v) is 4.66. The molecule has 2 aliphatic carbocycles. The molecule has 0 aromatic carbocycles. The van der Waals surface area contributed by atoms with Crippen molar-refractivity contribution in [3.05, 3.63) is 0 Å². The smallest absolute Gasteiger partial charge is 0.217 e. The Balaban J connectivity index is 1.84. The zero-order chi connectivity index (χ0) is 12.1. The molecule has 2 atom stereocenters. The summed E-state index contributed by atoms with van der Waals surface area (Å²) in [5, 5.41) is 3.18. The van der Waals surface area contributed by atoms with Crippen molar-refractivity contribution in [1.82, 2.24) is 5.32 Å². The fourth-order valence-electron chi connectivity index (χ4n) is 3.79. The monoisotopic (exact) mass is 237 g/mol. The van der Waals surface area contributed by atoms with Crippen molar-refractivity contribution in [1.29, 1.82) is 0 Å². The van der Waals surface area contributed by atoms with Gasteiger partial charge in [0.25, 0.3) is 0 Å². The summed E-state index contributed by atoms with van der Waals surface area (Å²) >= 11 is 0. The molecule has 0 bridgehead atoms. The van der Waals surface area contributed by atoms with Crippen molar-refractivity contribution in [3.8, 4) is 0 Å². The molecule has 0 saturated heterocycles. The lowest BCUT2D eigenvalue weighted by molar-refractivity contribution is -0.120. The zero-order valence-corrected chi connectivity index (χ0v) is 11.2. The first-order valence-electron chi connectivity index (χ1n) is 7.53. The van der Waals surface area contributed by atoms with Gasteiger partial charge in [0, 0.05) is 13.0 Å². The maximum atomic E-state index is 11.2. The third-order valence-electron chi connectivity index (χ3n) is 4.66. The van der Waals surface area contributed by atoms with E-state index in [0.29, 0.717) is 6.04 Å². The second-order valence-electron chi connectivity index (χ2n) is 6.09. The fourth-order valence-corrected chi connectivity index (χ4v) is 3.79. The molecule has 0 radical (unpaired) electrons. The normalized spacial score (nSPS) is 31.1. The Labute approximate surface area is 106 Å². The van der Waals surface area contributed by atoms with Crippen LogP contribution in [-0.2, 0) is 4.79 Å². The van der Waals surface area contributed by atoms with Gasteiger partial charge in [-0.15, -0.1) is 0 Å². The molecule has 98 valence electrons. The van der Waals surface area contributed by atoms with Crippen LogP contribution in [0.3, 0.4) is 0 Å². The van der Waals surface area contributed by atoms with E-state index >= 15 is 0 Å². The molecule has 2 aliphatic rings. The van der Waals surface area contributed by atoms with Gasteiger partial charge in [-0.1, -0.05) is 44.9 Å². The van der Waals surface area contributed by atoms with Gasteiger partial charge in [0.1, 0.15) is 0 Å². The lowest BCUT2D eigenvalue weighted by Crippen LogP contribution is -2.41. The Morgan fingerprint density at radius 2 is 1.65 bits per heavy atom. The van der Waals surface area contributed by atoms with Crippen molar-refractivity contribution in [2.45, 2.75) is 77.2 Å². The highest BCUT2D eigenvalue weighted by Crippen LogP contribution is 2.35. The molecule has 17 heavy (non-hydrogen) atoms. The van der Waals surface area contributed by atoms with Crippen LogP contribution in [0, 0.1) is 11.8 Å². The van der Waals surface area contributed by atoms with Gasteiger partial charge in [-0.25, -0.2) is 0 Å². The first kappa shape index (κ1) is 12.9. The van der Waals surface area contributed by atoms with Gasteiger partial charge in [-0.05, 0) is 31.1 Å². The van der Waals surface area contributed by atoms with E-state index in [1.807, 2.05) is 0 Å². The van der Waals surface area contributed by atoms with Crippen molar-refractivity contribution >= 4 is 5.91 Å². The van der Waals surface area contributed by atoms with Gasteiger partial charge in [0.05, 0.1) is 0 Å². The number of hydrogen-bond donors (Lipinski definition) is 1. The van der Waals surface area contributed by atoms with Crippen LogP contribution in [0.15, 0.2) is 0 Å². The van der Waals surface area contributed by atoms with E-state index in [9.17, 15) is 4.79 Å². The van der Waals surface area contributed by atoms with Crippen molar-refractivity contribution in [2.24, 2.45) is 11.8 Å². The molecule has 1 amide bonds. The number of rotatable bonds is 3. The summed E-state index contributed by atoms with van der Waals surface area (Å²) in [7, 11) is 0. The summed E-state index contributed by atoms with van der Waals surface area (Å²) in [6.45, 7) is 1.66. The fraction of sp³-hybridized carbons (Fsp3) is 0.933. The molecule has 2 rings (SSSR count). The molecule has 1 N–H and O–H groups in total. The highest BCUT2D eigenvalue weighted by atomic mass is 16.1. The molecule has 2 fully saturated rings. The van der Waals surface area contributed by atoms with Crippen LogP contribution in [0.2, 0.25) is 0 Å². The Kier molecular flexibility index (Phi) is 4.87. The minimum Gasteiger partial charge on any atom is -0.353 e. The molecule has 0 spiro atoms. The molecular formula is C15H27NO. The zero-order valence-electron chi connectivity index (χ0n) is 11.2. The molecule has 2 heteroatoms. The number of carbonyl (C=O) groups excluding carboxylic acids is 1. The second-order valence-corrected chi connectivity index (χ2v) is 6.09. The summed E-state index contributed by atoms with van der Waals surface area (Å²) in [4.78, 5) is 11.2. The Hall–Kier alpha value is -0.530. The highest BCUT2D eigenvalue weighted by Gasteiger charge is 2.28. The number of nitrogens with one attached hydrogen (secondary N) is 1. The van der Waals surface area contributed by atoms with E-state index in [1.165, 1.54) is 64.2 Å². The molecule has 0 aromatic rings. The molecule has 0 heterocycles. The van der Waals surface area contributed by atoms with Crippen LogP contribution in [0.4, 0.5) is 0 Å². The number of amides is 1. The Morgan fingerprint density at radius 1 is 1.00 bits per heavy atom. The van der Waals surface area contributed by atoms with Crippen LogP contribution in [0.25, 0.3) is 0 Å². The van der Waals surface area contributed by atoms with Gasteiger partial charge in [0.15, 0.2) is 0 Å². The first-order valence-corrected chi connectivity index (χ1v) is 7.53. The van der Waals surface area contributed by atoms with Crippen LogP contribution in [0.1, 0.15) is 71.1 Å². The maximum absolute atomic E-state index is 11.2.